The lowest BCUT2D eigenvalue weighted by molar-refractivity contribution is 0.149. The van der Waals surface area contributed by atoms with Crippen LogP contribution < -0.4 is 0 Å². The second-order valence-electron chi connectivity index (χ2n) is 4.79. The van der Waals surface area contributed by atoms with Gasteiger partial charge in [-0.2, -0.15) is 0 Å². The third kappa shape index (κ3) is 2.21. The lowest BCUT2D eigenvalue weighted by atomic mass is 9.65. The van der Waals surface area contributed by atoms with Gasteiger partial charge in [-0.25, -0.2) is 0 Å². The third-order valence-electron chi connectivity index (χ3n) is 4.16. The number of alkyl halides is 1. The van der Waals surface area contributed by atoms with Gasteiger partial charge < -0.3 is 0 Å². The summed E-state index contributed by atoms with van der Waals surface area (Å²) in [5.41, 5.74) is 0.620. The summed E-state index contributed by atoms with van der Waals surface area (Å²) in [6, 6.07) is 0. The van der Waals surface area contributed by atoms with Gasteiger partial charge in [-0.3, -0.25) is 0 Å². The molecule has 0 radical (unpaired) electrons. The van der Waals surface area contributed by atoms with Crippen molar-refractivity contribution in [2.24, 2.45) is 5.41 Å². The second kappa shape index (κ2) is 4.50. The summed E-state index contributed by atoms with van der Waals surface area (Å²) in [7, 11) is 0. The zero-order valence-electron chi connectivity index (χ0n) is 9.33. The number of hydrogen-bond acceptors (Lipinski definition) is 0. The van der Waals surface area contributed by atoms with E-state index in [4.69, 9.17) is 0 Å². The minimum Gasteiger partial charge on any atom is -0.0783 e. The fourth-order valence-electron chi connectivity index (χ4n) is 2.88. The molecule has 78 valence electrons. The van der Waals surface area contributed by atoms with Crippen LogP contribution in [0, 0.1) is 5.41 Å². The van der Waals surface area contributed by atoms with E-state index in [9.17, 15) is 0 Å². The fourth-order valence-corrected chi connectivity index (χ4v) is 3.42. The van der Waals surface area contributed by atoms with Gasteiger partial charge in [0.05, 0.1) is 0 Å². The third-order valence-corrected chi connectivity index (χ3v) is 6.99. The Hall–Kier alpha value is 0.730. The summed E-state index contributed by atoms with van der Waals surface area (Å²) in [5.74, 6) is 0. The van der Waals surface area contributed by atoms with Gasteiger partial charge in [-0.05, 0) is 31.1 Å². The number of rotatable bonds is 3. The van der Waals surface area contributed by atoms with Crippen LogP contribution in [-0.2, 0) is 0 Å². The first-order valence-electron chi connectivity index (χ1n) is 5.77. The maximum Gasteiger partial charge on any atom is 0.0270 e. The molecule has 0 aliphatic heterocycles. The Morgan fingerprint density at radius 1 is 1.08 bits per heavy atom. The molecule has 0 heterocycles. The van der Waals surface area contributed by atoms with Gasteiger partial charge in [0.25, 0.3) is 0 Å². The molecule has 13 heavy (non-hydrogen) atoms. The Labute approximate surface area is 97.0 Å². The van der Waals surface area contributed by atoms with Gasteiger partial charge >= 0.3 is 0 Å². The predicted molar refractivity (Wildman–Crippen MR) is 68.5 cm³/mol. The molecule has 1 heteroatoms. The van der Waals surface area contributed by atoms with Crippen LogP contribution >= 0.6 is 22.6 Å². The Bertz CT molecular complexity index is 153. The summed E-state index contributed by atoms with van der Waals surface area (Å²) in [5, 5.41) is 0. The normalized spacial score (nSPS) is 23.1. The average Bonchev–Trinajstić information content (AvgIpc) is 2.17. The first-order chi connectivity index (χ1) is 6.08. The topological polar surface area (TPSA) is 0 Å². The zero-order chi connectivity index (χ0) is 9.95. The van der Waals surface area contributed by atoms with Crippen LogP contribution in [0.5, 0.6) is 0 Å². The molecule has 0 atom stereocenters. The van der Waals surface area contributed by atoms with E-state index in [2.05, 4.69) is 43.4 Å². The first-order valence-corrected chi connectivity index (χ1v) is 6.85. The number of halogens is 1. The molecule has 0 spiro atoms. The Kier molecular flexibility index (Phi) is 4.09. The molecule has 0 saturated heterocycles. The largest absolute Gasteiger partial charge is 0.0783 e. The monoisotopic (exact) mass is 294 g/mol. The average molecular weight is 294 g/mol. The van der Waals surface area contributed by atoms with Crippen LogP contribution in [-0.4, -0.2) is 3.42 Å². The van der Waals surface area contributed by atoms with Gasteiger partial charge in [0.15, 0.2) is 0 Å². The summed E-state index contributed by atoms with van der Waals surface area (Å²) in [6.45, 7) is 7.23. The van der Waals surface area contributed by atoms with Crippen molar-refractivity contribution in [2.45, 2.75) is 69.1 Å². The van der Waals surface area contributed by atoms with Crippen LogP contribution in [0.4, 0.5) is 0 Å². The van der Waals surface area contributed by atoms with Crippen molar-refractivity contribution < 1.29 is 0 Å². The van der Waals surface area contributed by atoms with Crippen molar-refractivity contribution in [1.82, 2.24) is 0 Å². The maximum atomic E-state index is 2.74. The van der Waals surface area contributed by atoms with Gasteiger partial charge in [0, 0.05) is 3.42 Å². The van der Waals surface area contributed by atoms with E-state index in [1.807, 2.05) is 0 Å². The minimum absolute atomic E-state index is 0.561. The SMILES string of the molecule is CCC(I)(CC)C1(C)CCCCC1. The van der Waals surface area contributed by atoms with Crippen LogP contribution in [0.3, 0.4) is 0 Å². The summed E-state index contributed by atoms with van der Waals surface area (Å²) in [4.78, 5) is 0. The van der Waals surface area contributed by atoms with E-state index in [1.165, 1.54) is 44.9 Å². The van der Waals surface area contributed by atoms with E-state index >= 15 is 0 Å². The molecule has 0 aromatic rings. The molecule has 0 aromatic heterocycles. The van der Waals surface area contributed by atoms with E-state index < -0.39 is 0 Å². The molecule has 0 aromatic carbocycles. The van der Waals surface area contributed by atoms with Crippen molar-refractivity contribution in [2.75, 3.05) is 0 Å². The molecule has 0 amide bonds. The van der Waals surface area contributed by atoms with E-state index in [-0.39, 0.29) is 0 Å². The lowest BCUT2D eigenvalue weighted by Crippen LogP contribution is -2.41. The maximum absolute atomic E-state index is 2.74. The van der Waals surface area contributed by atoms with Crippen LogP contribution in [0.2, 0.25) is 0 Å². The Morgan fingerprint density at radius 3 is 1.92 bits per heavy atom. The van der Waals surface area contributed by atoms with E-state index in [1.54, 1.807) is 0 Å². The molecule has 1 aliphatic rings. The van der Waals surface area contributed by atoms with Gasteiger partial charge in [-0.15, -0.1) is 0 Å². The fraction of sp³-hybridized carbons (Fsp3) is 1.00. The molecule has 0 unspecified atom stereocenters. The van der Waals surface area contributed by atoms with Crippen LogP contribution in [0.25, 0.3) is 0 Å². The molecule has 1 aliphatic carbocycles. The molecular weight excluding hydrogens is 271 g/mol. The smallest absolute Gasteiger partial charge is 0.0270 e. The Balaban J connectivity index is 2.74. The van der Waals surface area contributed by atoms with E-state index in [0.29, 0.717) is 8.84 Å². The van der Waals surface area contributed by atoms with E-state index in [0.717, 1.165) is 0 Å². The highest BCUT2D eigenvalue weighted by Crippen LogP contribution is 2.52. The zero-order valence-corrected chi connectivity index (χ0v) is 11.5. The second-order valence-corrected chi connectivity index (χ2v) is 6.86. The summed E-state index contributed by atoms with van der Waals surface area (Å²) < 4.78 is 0.561. The van der Waals surface area contributed by atoms with Gasteiger partial charge in [0.1, 0.15) is 0 Å². The van der Waals surface area contributed by atoms with Crippen molar-refractivity contribution >= 4 is 22.6 Å². The molecular formula is C12H23I. The molecule has 1 saturated carbocycles. The first kappa shape index (κ1) is 11.8. The molecule has 1 fully saturated rings. The highest BCUT2D eigenvalue weighted by Gasteiger charge is 2.43. The Morgan fingerprint density at radius 2 is 1.54 bits per heavy atom. The molecule has 0 nitrogen and oxygen atoms in total. The van der Waals surface area contributed by atoms with Gasteiger partial charge in [0.2, 0.25) is 0 Å². The highest BCUT2D eigenvalue weighted by molar-refractivity contribution is 14.1. The highest BCUT2D eigenvalue weighted by atomic mass is 127. The predicted octanol–water partition coefficient (Wildman–Crippen LogP) is 4.95. The van der Waals surface area contributed by atoms with Gasteiger partial charge in [-0.1, -0.05) is 62.6 Å². The van der Waals surface area contributed by atoms with Crippen molar-refractivity contribution in [1.29, 1.82) is 0 Å². The van der Waals surface area contributed by atoms with Crippen molar-refractivity contribution in [3.05, 3.63) is 0 Å². The standard InChI is InChI=1S/C12H23I/c1-4-12(13,5-2)11(3)9-7-6-8-10-11/h4-10H2,1-3H3. The molecule has 0 N–H and O–H groups in total. The van der Waals surface area contributed by atoms with Crippen molar-refractivity contribution in [3.63, 3.8) is 0 Å². The van der Waals surface area contributed by atoms with Crippen LogP contribution in [0.15, 0.2) is 0 Å². The molecule has 0 bridgehead atoms. The summed E-state index contributed by atoms with van der Waals surface area (Å²) in [6.07, 6.45) is 9.97. The molecule has 1 rings (SSSR count). The van der Waals surface area contributed by atoms with Crippen LogP contribution in [0.1, 0.15) is 65.7 Å². The van der Waals surface area contributed by atoms with Crippen molar-refractivity contribution in [3.8, 4) is 0 Å². The summed E-state index contributed by atoms with van der Waals surface area (Å²) >= 11 is 2.74. The number of hydrogen-bond donors (Lipinski definition) is 0. The minimum atomic E-state index is 0.561. The lowest BCUT2D eigenvalue weighted by Gasteiger charge is -2.47. The quantitative estimate of drug-likeness (QED) is 0.510.